The van der Waals surface area contributed by atoms with Crippen LogP contribution < -0.4 is 0 Å². The van der Waals surface area contributed by atoms with Crippen molar-refractivity contribution in [3.8, 4) is 0 Å². The molecule has 1 saturated carbocycles. The Balaban J connectivity index is 1.89. The molecule has 94 valence electrons. The summed E-state index contributed by atoms with van der Waals surface area (Å²) in [4.78, 5) is 2.55. The molecular formula is C13H25NOS. The van der Waals surface area contributed by atoms with E-state index in [1.165, 1.54) is 32.2 Å². The molecule has 3 heteroatoms. The smallest absolute Gasteiger partial charge is 0.0590 e. The van der Waals surface area contributed by atoms with Crippen LogP contribution in [0, 0.1) is 11.3 Å². The summed E-state index contributed by atoms with van der Waals surface area (Å²) >= 11 is 4.57. The normalized spacial score (nSPS) is 35.4. The first-order valence-electron chi connectivity index (χ1n) is 6.66. The molecule has 2 unspecified atom stereocenters. The fourth-order valence-corrected chi connectivity index (χ4v) is 3.74. The zero-order valence-electron chi connectivity index (χ0n) is 10.4. The van der Waals surface area contributed by atoms with Crippen molar-refractivity contribution in [1.82, 2.24) is 4.90 Å². The Hall–Kier alpha value is 0.270. The van der Waals surface area contributed by atoms with E-state index < -0.39 is 0 Å². The molecule has 2 aliphatic rings. The summed E-state index contributed by atoms with van der Waals surface area (Å²) in [6.07, 6.45) is 6.34. The molecular weight excluding hydrogens is 218 g/mol. The van der Waals surface area contributed by atoms with Gasteiger partial charge in [0.2, 0.25) is 0 Å². The molecule has 2 rings (SSSR count). The zero-order valence-corrected chi connectivity index (χ0v) is 11.3. The van der Waals surface area contributed by atoms with Gasteiger partial charge in [0.1, 0.15) is 0 Å². The molecule has 2 atom stereocenters. The van der Waals surface area contributed by atoms with Gasteiger partial charge in [-0.1, -0.05) is 19.8 Å². The Morgan fingerprint density at radius 1 is 1.38 bits per heavy atom. The minimum Gasteiger partial charge on any atom is -0.393 e. The van der Waals surface area contributed by atoms with E-state index in [1.807, 2.05) is 0 Å². The highest BCUT2D eigenvalue weighted by Crippen LogP contribution is 2.40. The van der Waals surface area contributed by atoms with E-state index in [0.29, 0.717) is 11.3 Å². The third-order valence-electron chi connectivity index (χ3n) is 4.50. The number of likely N-dealkylation sites (tertiary alicyclic amines) is 1. The van der Waals surface area contributed by atoms with Crippen molar-refractivity contribution >= 4 is 12.6 Å². The van der Waals surface area contributed by atoms with Crippen LogP contribution in [0.5, 0.6) is 0 Å². The quantitative estimate of drug-likeness (QED) is 0.742. The molecule has 0 amide bonds. The number of aliphatic hydroxyl groups excluding tert-OH is 1. The van der Waals surface area contributed by atoms with Gasteiger partial charge in [-0.3, -0.25) is 0 Å². The van der Waals surface area contributed by atoms with Gasteiger partial charge in [0.05, 0.1) is 6.10 Å². The molecule has 16 heavy (non-hydrogen) atoms. The van der Waals surface area contributed by atoms with Gasteiger partial charge in [-0.2, -0.15) is 12.6 Å². The molecule has 2 fully saturated rings. The summed E-state index contributed by atoms with van der Waals surface area (Å²) in [7, 11) is 0. The van der Waals surface area contributed by atoms with Crippen LogP contribution in [0.4, 0.5) is 0 Å². The van der Waals surface area contributed by atoms with Crippen LogP contribution in [0.15, 0.2) is 0 Å². The first-order valence-corrected chi connectivity index (χ1v) is 7.30. The van der Waals surface area contributed by atoms with E-state index in [4.69, 9.17) is 0 Å². The van der Waals surface area contributed by atoms with Gasteiger partial charge in [-0.05, 0) is 36.3 Å². The van der Waals surface area contributed by atoms with Crippen LogP contribution in [0.2, 0.25) is 0 Å². The second-order valence-corrected chi connectivity index (χ2v) is 6.25. The van der Waals surface area contributed by atoms with E-state index >= 15 is 0 Å². The first-order chi connectivity index (χ1) is 7.65. The lowest BCUT2D eigenvalue weighted by Gasteiger charge is -2.40. The molecule has 1 aliphatic carbocycles. The molecule has 2 nitrogen and oxygen atoms in total. The summed E-state index contributed by atoms with van der Waals surface area (Å²) in [5, 5.41) is 9.74. The average Bonchev–Trinajstić information content (AvgIpc) is 2.73. The third-order valence-corrected chi connectivity index (χ3v) is 5.17. The summed E-state index contributed by atoms with van der Waals surface area (Å²) in [5.74, 6) is 1.47. The highest BCUT2D eigenvalue weighted by atomic mass is 32.1. The molecule has 0 aromatic carbocycles. The fraction of sp³-hybridized carbons (Fsp3) is 1.00. The van der Waals surface area contributed by atoms with Crippen LogP contribution in [0.25, 0.3) is 0 Å². The molecule has 1 N–H and O–H groups in total. The highest BCUT2D eigenvalue weighted by molar-refractivity contribution is 7.80. The van der Waals surface area contributed by atoms with Gasteiger partial charge in [0, 0.05) is 19.6 Å². The summed E-state index contributed by atoms with van der Waals surface area (Å²) in [6, 6.07) is 0. The van der Waals surface area contributed by atoms with E-state index in [9.17, 15) is 5.11 Å². The van der Waals surface area contributed by atoms with E-state index in [1.54, 1.807) is 0 Å². The van der Waals surface area contributed by atoms with Gasteiger partial charge in [-0.15, -0.1) is 0 Å². The van der Waals surface area contributed by atoms with Gasteiger partial charge < -0.3 is 10.0 Å². The molecule has 0 spiro atoms. The van der Waals surface area contributed by atoms with Crippen molar-refractivity contribution in [1.29, 1.82) is 0 Å². The first kappa shape index (κ1) is 12.7. The molecule has 1 saturated heterocycles. The number of nitrogens with zero attached hydrogens (tertiary/aromatic N) is 1. The molecule has 0 aromatic heterocycles. The van der Waals surface area contributed by atoms with Crippen molar-refractivity contribution in [2.45, 2.75) is 45.1 Å². The average molecular weight is 243 g/mol. The Kier molecular flexibility index (Phi) is 4.20. The van der Waals surface area contributed by atoms with Crippen molar-refractivity contribution < 1.29 is 5.11 Å². The highest BCUT2D eigenvalue weighted by Gasteiger charge is 2.36. The Morgan fingerprint density at radius 3 is 2.62 bits per heavy atom. The van der Waals surface area contributed by atoms with Crippen LogP contribution >= 0.6 is 12.6 Å². The zero-order chi connectivity index (χ0) is 11.6. The lowest BCUT2D eigenvalue weighted by molar-refractivity contribution is 0.0202. The molecule has 0 radical (unpaired) electrons. The summed E-state index contributed by atoms with van der Waals surface area (Å²) in [5.41, 5.74) is 0.477. The second-order valence-electron chi connectivity index (χ2n) is 5.93. The Bertz CT molecular complexity index is 228. The lowest BCUT2D eigenvalue weighted by atomic mass is 9.86. The standard InChI is InChI=1S/C13H25NOS/c1-11-8-14(7-4-12(11)15)9-13(10-16)5-2-3-6-13/h11-12,15-16H,2-10H2,1H3. The number of aliphatic hydroxyl groups is 1. The maximum absolute atomic E-state index is 9.74. The minimum absolute atomic E-state index is 0.0771. The van der Waals surface area contributed by atoms with Crippen LogP contribution in [0.1, 0.15) is 39.0 Å². The summed E-state index contributed by atoms with van der Waals surface area (Å²) < 4.78 is 0. The van der Waals surface area contributed by atoms with Crippen LogP contribution in [0.3, 0.4) is 0 Å². The molecule has 0 bridgehead atoms. The largest absolute Gasteiger partial charge is 0.393 e. The maximum Gasteiger partial charge on any atom is 0.0590 e. The van der Waals surface area contributed by atoms with Crippen molar-refractivity contribution in [2.75, 3.05) is 25.4 Å². The van der Waals surface area contributed by atoms with Crippen LogP contribution in [-0.4, -0.2) is 41.5 Å². The molecule has 0 aromatic rings. The fourth-order valence-electron chi connectivity index (χ4n) is 3.33. The monoisotopic (exact) mass is 243 g/mol. The predicted octanol–water partition coefficient (Wildman–Crippen LogP) is 2.18. The second kappa shape index (κ2) is 5.28. The number of rotatable bonds is 3. The number of piperidine rings is 1. The Morgan fingerprint density at radius 2 is 2.06 bits per heavy atom. The maximum atomic E-state index is 9.74. The lowest BCUT2D eigenvalue weighted by Crippen LogP contribution is -2.46. The predicted molar refractivity (Wildman–Crippen MR) is 71.0 cm³/mol. The minimum atomic E-state index is -0.0771. The number of thiol groups is 1. The van der Waals surface area contributed by atoms with Crippen molar-refractivity contribution in [3.63, 3.8) is 0 Å². The van der Waals surface area contributed by atoms with E-state index in [2.05, 4.69) is 24.5 Å². The number of hydrogen-bond donors (Lipinski definition) is 2. The van der Waals surface area contributed by atoms with Gasteiger partial charge in [0.25, 0.3) is 0 Å². The van der Waals surface area contributed by atoms with E-state index in [0.717, 1.165) is 25.3 Å². The van der Waals surface area contributed by atoms with Crippen molar-refractivity contribution in [3.05, 3.63) is 0 Å². The van der Waals surface area contributed by atoms with Gasteiger partial charge >= 0.3 is 0 Å². The summed E-state index contributed by atoms with van der Waals surface area (Å²) in [6.45, 7) is 5.50. The Labute approximate surface area is 105 Å². The SMILES string of the molecule is CC1CN(CC2(CS)CCCC2)CCC1O. The van der Waals surface area contributed by atoms with Gasteiger partial charge in [0.15, 0.2) is 0 Å². The van der Waals surface area contributed by atoms with Gasteiger partial charge in [-0.25, -0.2) is 0 Å². The molecule has 1 heterocycles. The number of hydrogen-bond acceptors (Lipinski definition) is 3. The third kappa shape index (κ3) is 2.74. The molecule has 1 aliphatic heterocycles. The van der Waals surface area contributed by atoms with Crippen molar-refractivity contribution in [2.24, 2.45) is 11.3 Å². The topological polar surface area (TPSA) is 23.5 Å². The van der Waals surface area contributed by atoms with Crippen LogP contribution in [-0.2, 0) is 0 Å². The van der Waals surface area contributed by atoms with E-state index in [-0.39, 0.29) is 6.10 Å².